The minimum Gasteiger partial charge on any atom is -0.335 e. The summed E-state index contributed by atoms with van der Waals surface area (Å²) in [6.07, 6.45) is 3.16. The Hall–Kier alpha value is -2.57. The maximum absolute atomic E-state index is 14.1. The van der Waals surface area contributed by atoms with E-state index in [0.717, 1.165) is 0 Å². The van der Waals surface area contributed by atoms with Crippen LogP contribution in [0.3, 0.4) is 0 Å². The van der Waals surface area contributed by atoms with E-state index in [0.29, 0.717) is 18.7 Å². The number of aromatic nitrogens is 3. The number of carbonyl (C=O) groups is 1. The lowest BCUT2D eigenvalue weighted by Gasteiger charge is -2.10. The van der Waals surface area contributed by atoms with Crippen LogP contribution in [0, 0.1) is 5.82 Å². The summed E-state index contributed by atoms with van der Waals surface area (Å²) in [7, 11) is 0. The van der Waals surface area contributed by atoms with Gasteiger partial charge in [0.05, 0.1) is 11.4 Å². The van der Waals surface area contributed by atoms with Gasteiger partial charge in [-0.25, -0.2) is 14.1 Å². The van der Waals surface area contributed by atoms with Crippen molar-refractivity contribution in [2.75, 3.05) is 11.9 Å². The van der Waals surface area contributed by atoms with Gasteiger partial charge in [0.1, 0.15) is 18.5 Å². The Labute approximate surface area is 121 Å². The molecule has 0 saturated heterocycles. The summed E-state index contributed by atoms with van der Waals surface area (Å²) in [5, 5.41) is 6.68. The van der Waals surface area contributed by atoms with Gasteiger partial charge in [-0.2, -0.15) is 5.10 Å². The number of hydrogen-bond donors (Lipinski definition) is 1. The van der Waals surface area contributed by atoms with Crippen molar-refractivity contribution >= 4 is 17.3 Å². The van der Waals surface area contributed by atoms with Gasteiger partial charge >= 0.3 is 0 Å². The van der Waals surface area contributed by atoms with Crippen molar-refractivity contribution in [1.82, 2.24) is 14.8 Å². The van der Waals surface area contributed by atoms with E-state index in [1.807, 2.05) is 6.92 Å². The number of amidine groups is 1. The molecule has 6 nitrogen and oxygen atoms in total. The van der Waals surface area contributed by atoms with Gasteiger partial charge in [0.2, 0.25) is 0 Å². The van der Waals surface area contributed by atoms with Crippen LogP contribution in [0.15, 0.2) is 35.8 Å². The lowest BCUT2D eigenvalue weighted by molar-refractivity contribution is -0.112. The van der Waals surface area contributed by atoms with E-state index in [4.69, 9.17) is 0 Å². The Kier molecular flexibility index (Phi) is 4.76. The van der Waals surface area contributed by atoms with Gasteiger partial charge in [-0.3, -0.25) is 9.79 Å². The second kappa shape index (κ2) is 6.74. The lowest BCUT2D eigenvalue weighted by Crippen LogP contribution is -2.23. The van der Waals surface area contributed by atoms with E-state index < -0.39 is 5.82 Å². The zero-order chi connectivity index (χ0) is 15.2. The predicted octanol–water partition coefficient (Wildman–Crippen LogP) is 2.22. The molecule has 0 unspecified atom stereocenters. The molecule has 0 fully saturated rings. The topological polar surface area (TPSA) is 72.2 Å². The highest BCUT2D eigenvalue weighted by molar-refractivity contribution is 6.43. The number of ketones is 1. The maximum atomic E-state index is 14.1. The number of nitrogens with one attached hydrogen (secondary N) is 1. The van der Waals surface area contributed by atoms with Crippen LogP contribution in [0.25, 0.3) is 5.69 Å². The fraction of sp³-hybridized carbons (Fsp3) is 0.286. The summed E-state index contributed by atoms with van der Waals surface area (Å²) < 4.78 is 15.6. The molecule has 0 aliphatic carbocycles. The van der Waals surface area contributed by atoms with Gasteiger partial charge in [0.25, 0.3) is 0 Å². The van der Waals surface area contributed by atoms with E-state index in [2.05, 4.69) is 20.4 Å². The van der Waals surface area contributed by atoms with Gasteiger partial charge in [-0.1, -0.05) is 6.92 Å². The van der Waals surface area contributed by atoms with Gasteiger partial charge in [0, 0.05) is 19.0 Å². The molecule has 0 aliphatic heterocycles. The summed E-state index contributed by atoms with van der Waals surface area (Å²) in [6, 6.07) is 4.54. The largest absolute Gasteiger partial charge is 0.335 e. The molecule has 7 heteroatoms. The molecule has 1 heterocycles. The average Bonchev–Trinajstić information content (AvgIpc) is 3.02. The van der Waals surface area contributed by atoms with Crippen LogP contribution in [0.5, 0.6) is 0 Å². The zero-order valence-corrected chi connectivity index (χ0v) is 11.9. The van der Waals surface area contributed by atoms with E-state index in [1.54, 1.807) is 19.1 Å². The molecule has 0 bridgehead atoms. The molecule has 2 aromatic rings. The van der Waals surface area contributed by atoms with Crippen LogP contribution in [0.2, 0.25) is 0 Å². The van der Waals surface area contributed by atoms with E-state index in [1.165, 1.54) is 23.4 Å². The molecule has 0 atom stereocenters. The second-order valence-electron chi connectivity index (χ2n) is 4.23. The number of anilines is 1. The molecule has 1 aromatic carbocycles. The first-order chi connectivity index (χ1) is 10.2. The molecular formula is C14H16FN5O. The highest BCUT2D eigenvalue weighted by Crippen LogP contribution is 2.18. The SMILES string of the molecule is CCN=C(Nc1ccc(-n2cncn2)cc1F)C(=O)CC. The van der Waals surface area contributed by atoms with Crippen LogP contribution < -0.4 is 5.32 Å². The minimum atomic E-state index is -0.490. The van der Waals surface area contributed by atoms with Gasteiger partial charge < -0.3 is 5.32 Å². The van der Waals surface area contributed by atoms with Crippen molar-refractivity contribution in [1.29, 1.82) is 0 Å². The minimum absolute atomic E-state index is 0.156. The molecule has 0 spiro atoms. The smallest absolute Gasteiger partial charge is 0.197 e. The highest BCUT2D eigenvalue weighted by Gasteiger charge is 2.12. The number of carbonyl (C=O) groups excluding carboxylic acids is 1. The molecule has 0 amide bonds. The summed E-state index contributed by atoms with van der Waals surface area (Å²) in [5.74, 6) is -0.472. The van der Waals surface area contributed by atoms with Crippen molar-refractivity contribution in [3.63, 3.8) is 0 Å². The molecular weight excluding hydrogens is 273 g/mol. The van der Waals surface area contributed by atoms with Gasteiger partial charge in [-0.15, -0.1) is 0 Å². The fourth-order valence-corrected chi connectivity index (χ4v) is 1.74. The Morgan fingerprint density at radius 1 is 1.43 bits per heavy atom. The van der Waals surface area contributed by atoms with Gasteiger partial charge in [-0.05, 0) is 19.1 Å². The summed E-state index contributed by atoms with van der Waals surface area (Å²) in [5.41, 5.74) is 0.749. The molecule has 1 N–H and O–H groups in total. The van der Waals surface area contributed by atoms with Crippen molar-refractivity contribution in [3.8, 4) is 5.69 Å². The normalized spacial score (nSPS) is 11.5. The van der Waals surface area contributed by atoms with Gasteiger partial charge in [0.15, 0.2) is 11.6 Å². The number of hydrogen-bond acceptors (Lipinski definition) is 4. The fourth-order valence-electron chi connectivity index (χ4n) is 1.74. The third-order valence-corrected chi connectivity index (χ3v) is 2.79. The number of rotatable bonds is 5. The molecule has 21 heavy (non-hydrogen) atoms. The Morgan fingerprint density at radius 3 is 2.81 bits per heavy atom. The van der Waals surface area contributed by atoms with Crippen molar-refractivity contribution < 1.29 is 9.18 Å². The Morgan fingerprint density at radius 2 is 2.24 bits per heavy atom. The monoisotopic (exact) mass is 289 g/mol. The van der Waals surface area contributed by atoms with E-state index in [-0.39, 0.29) is 17.3 Å². The zero-order valence-electron chi connectivity index (χ0n) is 11.9. The number of benzene rings is 1. The summed E-state index contributed by atoms with van der Waals surface area (Å²) in [4.78, 5) is 19.6. The molecule has 0 radical (unpaired) electrons. The first kappa shape index (κ1) is 14.8. The van der Waals surface area contributed by atoms with Crippen LogP contribution in [0.1, 0.15) is 20.3 Å². The van der Waals surface area contributed by atoms with Crippen molar-refractivity contribution in [2.24, 2.45) is 4.99 Å². The van der Waals surface area contributed by atoms with Crippen molar-refractivity contribution in [3.05, 3.63) is 36.7 Å². The predicted molar refractivity (Wildman–Crippen MR) is 78.2 cm³/mol. The molecule has 0 saturated carbocycles. The average molecular weight is 289 g/mol. The molecule has 1 aromatic heterocycles. The summed E-state index contributed by atoms with van der Waals surface area (Å²) >= 11 is 0. The lowest BCUT2D eigenvalue weighted by atomic mass is 10.2. The maximum Gasteiger partial charge on any atom is 0.197 e. The Bertz CT molecular complexity index is 651. The van der Waals surface area contributed by atoms with Crippen molar-refractivity contribution in [2.45, 2.75) is 20.3 Å². The third kappa shape index (κ3) is 3.50. The molecule has 2 rings (SSSR count). The van der Waals surface area contributed by atoms with Crippen LogP contribution in [-0.2, 0) is 4.79 Å². The van der Waals surface area contributed by atoms with E-state index in [9.17, 15) is 9.18 Å². The first-order valence-electron chi connectivity index (χ1n) is 6.65. The molecule has 110 valence electrons. The third-order valence-electron chi connectivity index (χ3n) is 2.79. The standard InChI is InChI=1S/C14H16FN5O/c1-3-13(21)14(17-4-2)19-12-6-5-10(7-11(12)15)20-9-16-8-18-20/h5-9H,3-4H2,1-2H3,(H,17,19). The second-order valence-corrected chi connectivity index (χ2v) is 4.23. The van der Waals surface area contributed by atoms with E-state index >= 15 is 0 Å². The number of Topliss-reactive ketones (excluding diaryl/α,β-unsaturated/α-hetero) is 1. The number of nitrogens with zero attached hydrogens (tertiary/aromatic N) is 4. The van der Waals surface area contributed by atoms with Crippen LogP contribution >= 0.6 is 0 Å². The molecule has 0 aliphatic rings. The quantitative estimate of drug-likeness (QED) is 0.676. The first-order valence-corrected chi connectivity index (χ1v) is 6.65. The Balaban J connectivity index is 2.25. The van der Waals surface area contributed by atoms with Crippen LogP contribution in [-0.4, -0.2) is 32.9 Å². The number of aliphatic imine (C=N–C) groups is 1. The van der Waals surface area contributed by atoms with Crippen LogP contribution in [0.4, 0.5) is 10.1 Å². The highest BCUT2D eigenvalue weighted by atomic mass is 19.1. The summed E-state index contributed by atoms with van der Waals surface area (Å²) in [6.45, 7) is 4.00. The number of halogens is 1.